The van der Waals surface area contributed by atoms with Gasteiger partial charge in [-0.05, 0) is 71.8 Å². The van der Waals surface area contributed by atoms with E-state index in [4.69, 9.17) is 9.84 Å². The maximum atomic E-state index is 11.0. The third-order valence-corrected chi connectivity index (χ3v) is 3.93. The van der Waals surface area contributed by atoms with Gasteiger partial charge in [-0.3, -0.25) is 4.79 Å². The van der Waals surface area contributed by atoms with Crippen molar-refractivity contribution in [3.05, 3.63) is 52.1 Å². The molecule has 0 atom stereocenters. The predicted molar refractivity (Wildman–Crippen MR) is 91.5 cm³/mol. The predicted octanol–water partition coefficient (Wildman–Crippen LogP) is 4.45. The molecule has 0 spiro atoms. The molecule has 0 aliphatic carbocycles. The molecule has 4 heteroatoms. The Labute approximate surface area is 138 Å². The number of carbonyl (C=O) groups is 1. The lowest BCUT2D eigenvalue weighted by molar-refractivity contribution is -0.148. The second-order valence-electron chi connectivity index (χ2n) is 5.51. The highest BCUT2D eigenvalue weighted by molar-refractivity contribution is 14.1. The van der Waals surface area contributed by atoms with Crippen molar-refractivity contribution in [1.29, 1.82) is 0 Å². The molecular weight excluding hydrogens is 379 g/mol. The molecule has 0 fully saturated rings. The molecule has 0 aliphatic rings. The van der Waals surface area contributed by atoms with Crippen LogP contribution in [0.5, 0.6) is 5.75 Å². The number of carboxylic acid groups (broad SMARTS) is 1. The first kappa shape index (κ1) is 15.8. The highest BCUT2D eigenvalue weighted by Crippen LogP contribution is 2.24. The molecule has 0 saturated carbocycles. The zero-order valence-corrected chi connectivity index (χ0v) is 14.1. The van der Waals surface area contributed by atoms with Crippen molar-refractivity contribution >= 4 is 28.6 Å². The van der Waals surface area contributed by atoms with Crippen molar-refractivity contribution in [3.8, 4) is 16.9 Å². The molecule has 0 bridgehead atoms. The van der Waals surface area contributed by atoms with Crippen LogP contribution in [0.15, 0.2) is 48.5 Å². The topological polar surface area (TPSA) is 46.5 Å². The number of rotatable bonds is 5. The smallest absolute Gasteiger partial charge is 0.312 e. The molecule has 0 saturated heterocycles. The molecule has 2 rings (SSSR count). The molecule has 3 nitrogen and oxygen atoms in total. The first-order valence-corrected chi connectivity index (χ1v) is 7.68. The van der Waals surface area contributed by atoms with Gasteiger partial charge in [0, 0.05) is 3.57 Å². The van der Waals surface area contributed by atoms with Gasteiger partial charge in [-0.15, -0.1) is 0 Å². The summed E-state index contributed by atoms with van der Waals surface area (Å²) in [6.45, 7) is 3.44. The number of aliphatic carboxylic acids is 1. The maximum Gasteiger partial charge on any atom is 0.312 e. The van der Waals surface area contributed by atoms with Crippen LogP contribution in [0.1, 0.15) is 13.8 Å². The van der Waals surface area contributed by atoms with Crippen LogP contribution in [0.2, 0.25) is 0 Å². The minimum absolute atomic E-state index is 0.144. The lowest BCUT2D eigenvalue weighted by Gasteiger charge is -2.19. The second-order valence-corrected chi connectivity index (χ2v) is 6.75. The summed E-state index contributed by atoms with van der Waals surface area (Å²) in [6, 6.07) is 16.0. The van der Waals surface area contributed by atoms with E-state index in [0.717, 1.165) is 11.1 Å². The van der Waals surface area contributed by atoms with E-state index in [9.17, 15) is 4.79 Å². The molecule has 0 aromatic heterocycles. The highest BCUT2D eigenvalue weighted by Gasteiger charge is 2.28. The minimum atomic E-state index is -0.894. The number of halogens is 1. The molecule has 110 valence electrons. The van der Waals surface area contributed by atoms with Gasteiger partial charge in [0.1, 0.15) is 12.4 Å². The Bertz CT molecular complexity index is 615. The fraction of sp³-hybridized carbons (Fsp3) is 0.235. The normalized spacial score (nSPS) is 11.2. The van der Waals surface area contributed by atoms with Gasteiger partial charge in [0.05, 0.1) is 5.41 Å². The van der Waals surface area contributed by atoms with Crippen LogP contribution in [-0.4, -0.2) is 17.7 Å². The fourth-order valence-electron chi connectivity index (χ4n) is 1.71. The van der Waals surface area contributed by atoms with E-state index in [1.165, 1.54) is 3.57 Å². The summed E-state index contributed by atoms with van der Waals surface area (Å²) in [5.74, 6) is -0.184. The van der Waals surface area contributed by atoms with E-state index in [2.05, 4.69) is 46.9 Å². The average molecular weight is 396 g/mol. The second kappa shape index (κ2) is 6.47. The number of hydrogen-bond donors (Lipinski definition) is 1. The van der Waals surface area contributed by atoms with Crippen LogP contribution in [0.3, 0.4) is 0 Å². The van der Waals surface area contributed by atoms with Crippen LogP contribution < -0.4 is 4.74 Å². The van der Waals surface area contributed by atoms with E-state index in [0.29, 0.717) is 5.75 Å². The molecule has 0 radical (unpaired) electrons. The highest BCUT2D eigenvalue weighted by atomic mass is 127. The lowest BCUT2D eigenvalue weighted by Crippen LogP contribution is -2.30. The van der Waals surface area contributed by atoms with Crippen molar-refractivity contribution in [1.82, 2.24) is 0 Å². The number of hydrogen-bond acceptors (Lipinski definition) is 2. The third-order valence-electron chi connectivity index (χ3n) is 3.21. The Morgan fingerprint density at radius 1 is 1.05 bits per heavy atom. The van der Waals surface area contributed by atoms with Crippen molar-refractivity contribution in [3.63, 3.8) is 0 Å². The Kier molecular flexibility index (Phi) is 4.88. The summed E-state index contributed by atoms with van der Waals surface area (Å²) in [6.07, 6.45) is 0. The van der Waals surface area contributed by atoms with E-state index >= 15 is 0 Å². The Morgan fingerprint density at radius 3 is 2.00 bits per heavy atom. The van der Waals surface area contributed by atoms with E-state index in [1.54, 1.807) is 13.8 Å². The zero-order valence-electron chi connectivity index (χ0n) is 12.0. The SMILES string of the molecule is CC(C)(COc1ccc(-c2ccc(I)cc2)cc1)C(=O)O. The largest absolute Gasteiger partial charge is 0.492 e. The van der Waals surface area contributed by atoms with Gasteiger partial charge in [-0.25, -0.2) is 0 Å². The van der Waals surface area contributed by atoms with Crippen LogP contribution >= 0.6 is 22.6 Å². The van der Waals surface area contributed by atoms with Gasteiger partial charge in [0.15, 0.2) is 0 Å². The van der Waals surface area contributed by atoms with Crippen molar-refractivity contribution in [2.24, 2.45) is 5.41 Å². The Balaban J connectivity index is 2.06. The summed E-state index contributed by atoms with van der Waals surface area (Å²) in [5, 5.41) is 9.05. The van der Waals surface area contributed by atoms with E-state index in [-0.39, 0.29) is 6.61 Å². The van der Waals surface area contributed by atoms with Crippen molar-refractivity contribution in [2.75, 3.05) is 6.61 Å². The molecule has 0 heterocycles. The summed E-state index contributed by atoms with van der Waals surface area (Å²) in [5.41, 5.74) is 1.36. The molecule has 2 aromatic rings. The monoisotopic (exact) mass is 396 g/mol. The molecule has 0 amide bonds. The quantitative estimate of drug-likeness (QED) is 0.760. The number of benzene rings is 2. The summed E-state index contributed by atoms with van der Waals surface area (Å²) in [4.78, 5) is 11.0. The molecule has 2 aromatic carbocycles. The van der Waals surface area contributed by atoms with Gasteiger partial charge < -0.3 is 9.84 Å². The summed E-state index contributed by atoms with van der Waals surface area (Å²) >= 11 is 2.28. The van der Waals surface area contributed by atoms with Crippen molar-refractivity contribution < 1.29 is 14.6 Å². The first-order chi connectivity index (χ1) is 9.88. The van der Waals surface area contributed by atoms with E-state index in [1.807, 2.05) is 24.3 Å². The summed E-state index contributed by atoms with van der Waals surface area (Å²) < 4.78 is 6.76. The maximum absolute atomic E-state index is 11.0. The number of ether oxygens (including phenoxy) is 1. The lowest BCUT2D eigenvalue weighted by atomic mass is 9.95. The minimum Gasteiger partial charge on any atom is -0.492 e. The van der Waals surface area contributed by atoms with Crippen LogP contribution in [0.25, 0.3) is 11.1 Å². The average Bonchev–Trinajstić information content (AvgIpc) is 2.46. The fourth-order valence-corrected chi connectivity index (χ4v) is 2.07. The summed E-state index contributed by atoms with van der Waals surface area (Å²) in [7, 11) is 0. The Morgan fingerprint density at radius 2 is 1.52 bits per heavy atom. The van der Waals surface area contributed by atoms with Gasteiger partial charge in [-0.2, -0.15) is 0 Å². The van der Waals surface area contributed by atoms with Gasteiger partial charge in [-0.1, -0.05) is 24.3 Å². The van der Waals surface area contributed by atoms with Crippen LogP contribution in [-0.2, 0) is 4.79 Å². The van der Waals surface area contributed by atoms with Gasteiger partial charge in [0.2, 0.25) is 0 Å². The zero-order chi connectivity index (χ0) is 15.5. The van der Waals surface area contributed by atoms with Gasteiger partial charge >= 0.3 is 5.97 Å². The van der Waals surface area contributed by atoms with Gasteiger partial charge in [0.25, 0.3) is 0 Å². The van der Waals surface area contributed by atoms with Crippen LogP contribution in [0.4, 0.5) is 0 Å². The molecule has 1 N–H and O–H groups in total. The number of carboxylic acids is 1. The molecule has 0 aliphatic heterocycles. The molecule has 21 heavy (non-hydrogen) atoms. The third kappa shape index (κ3) is 4.20. The Hall–Kier alpha value is -1.56. The molecular formula is C17H17IO3. The van der Waals surface area contributed by atoms with E-state index < -0.39 is 11.4 Å². The standard InChI is InChI=1S/C17H17IO3/c1-17(2,16(19)20)11-21-15-9-5-13(6-10-15)12-3-7-14(18)8-4-12/h3-10H,11H2,1-2H3,(H,19,20). The van der Waals surface area contributed by atoms with Crippen LogP contribution in [0, 0.1) is 8.99 Å². The first-order valence-electron chi connectivity index (χ1n) is 6.61. The molecule has 0 unspecified atom stereocenters. The van der Waals surface area contributed by atoms with Crippen molar-refractivity contribution in [2.45, 2.75) is 13.8 Å².